The number of benzene rings is 2. The molecule has 0 saturated carbocycles. The van der Waals surface area contributed by atoms with Gasteiger partial charge in [-0.05, 0) is 61.1 Å². The third-order valence-corrected chi connectivity index (χ3v) is 4.13. The van der Waals surface area contributed by atoms with Crippen LogP contribution in [0.2, 0.25) is 0 Å². The van der Waals surface area contributed by atoms with Gasteiger partial charge in [-0.2, -0.15) is 0 Å². The smallest absolute Gasteiger partial charge is 0.146 e. The maximum atomic E-state index is 14.2. The number of aryl methyl sites for hydroxylation is 2. The number of rotatable bonds is 7. The molecule has 0 radical (unpaired) electrons. The van der Waals surface area contributed by atoms with Crippen molar-refractivity contribution >= 4 is 17.1 Å². The molecule has 0 fully saturated rings. The Balaban J connectivity index is 2.38. The first kappa shape index (κ1) is 19.0. The monoisotopic (exact) mass is 344 g/mol. The van der Waals surface area contributed by atoms with Crippen LogP contribution >= 0.6 is 0 Å². The zero-order valence-electron chi connectivity index (χ0n) is 15.1. The second kappa shape index (κ2) is 8.15. The molecule has 0 aliphatic heterocycles. The Morgan fingerprint density at radius 2 is 1.88 bits per heavy atom. The van der Waals surface area contributed by atoms with Crippen molar-refractivity contribution in [2.24, 2.45) is 11.7 Å². The maximum Gasteiger partial charge on any atom is 0.146 e. The molecule has 4 heteroatoms. The molecule has 0 saturated heterocycles. The summed E-state index contributed by atoms with van der Waals surface area (Å²) in [5.41, 5.74) is 9.30. The van der Waals surface area contributed by atoms with E-state index in [1.54, 1.807) is 12.1 Å². The topological polar surface area (TPSA) is 38.0 Å². The van der Waals surface area contributed by atoms with E-state index in [1.807, 2.05) is 6.92 Å². The fraction of sp³-hybridized carbons (Fsp3) is 0.333. The molecule has 0 bridgehead atoms. The first-order chi connectivity index (χ1) is 11.8. The second-order valence-electron chi connectivity index (χ2n) is 6.91. The van der Waals surface area contributed by atoms with Gasteiger partial charge in [0.15, 0.2) is 0 Å². The summed E-state index contributed by atoms with van der Waals surface area (Å²) in [7, 11) is 0. The van der Waals surface area contributed by atoms with Crippen molar-refractivity contribution in [3.63, 3.8) is 0 Å². The van der Waals surface area contributed by atoms with Crippen LogP contribution in [0.4, 0.5) is 20.2 Å². The molecule has 25 heavy (non-hydrogen) atoms. The van der Waals surface area contributed by atoms with Crippen molar-refractivity contribution in [2.75, 3.05) is 5.32 Å². The van der Waals surface area contributed by atoms with Crippen LogP contribution in [0.15, 0.2) is 36.9 Å². The van der Waals surface area contributed by atoms with E-state index in [9.17, 15) is 8.78 Å². The molecule has 2 aromatic rings. The second-order valence-corrected chi connectivity index (χ2v) is 6.91. The summed E-state index contributed by atoms with van der Waals surface area (Å²) in [6.07, 6.45) is 2.68. The molecule has 2 rings (SSSR count). The van der Waals surface area contributed by atoms with Gasteiger partial charge in [0.25, 0.3) is 0 Å². The minimum absolute atomic E-state index is 0.284. The Bertz CT molecular complexity index is 767. The van der Waals surface area contributed by atoms with E-state index < -0.39 is 0 Å². The predicted octanol–water partition coefficient (Wildman–Crippen LogP) is 5.92. The molecule has 2 aromatic carbocycles. The highest BCUT2D eigenvalue weighted by Crippen LogP contribution is 2.31. The number of nitrogens with two attached hydrogens (primary N) is 1. The van der Waals surface area contributed by atoms with Crippen LogP contribution < -0.4 is 11.1 Å². The zero-order valence-corrected chi connectivity index (χ0v) is 15.1. The Kier molecular flexibility index (Phi) is 6.18. The fourth-order valence-corrected chi connectivity index (χ4v) is 2.91. The average Bonchev–Trinajstić information content (AvgIpc) is 2.49. The van der Waals surface area contributed by atoms with E-state index in [-0.39, 0.29) is 17.3 Å². The number of hydrogen-bond donors (Lipinski definition) is 2. The molecule has 3 N–H and O–H groups in total. The molecule has 0 aliphatic rings. The van der Waals surface area contributed by atoms with Gasteiger partial charge in [0, 0.05) is 11.3 Å². The molecule has 0 spiro atoms. The maximum absolute atomic E-state index is 14.2. The number of halogens is 2. The molecule has 0 atom stereocenters. The van der Waals surface area contributed by atoms with Gasteiger partial charge in [-0.25, -0.2) is 8.78 Å². The van der Waals surface area contributed by atoms with Gasteiger partial charge in [0.2, 0.25) is 0 Å². The summed E-state index contributed by atoms with van der Waals surface area (Å²) >= 11 is 0. The SMILES string of the molecule is C=C(N)c1c(CCCC(C)C)cc(F)cc1Nc1ccc(C)cc1F. The Labute approximate surface area is 148 Å². The number of nitrogens with one attached hydrogen (secondary N) is 1. The van der Waals surface area contributed by atoms with Crippen molar-refractivity contribution < 1.29 is 8.78 Å². The highest BCUT2D eigenvalue weighted by Gasteiger charge is 2.14. The molecule has 0 amide bonds. The van der Waals surface area contributed by atoms with E-state index >= 15 is 0 Å². The number of anilines is 2. The van der Waals surface area contributed by atoms with Crippen molar-refractivity contribution in [1.82, 2.24) is 0 Å². The third-order valence-electron chi connectivity index (χ3n) is 4.13. The molecule has 134 valence electrons. The molecular weight excluding hydrogens is 318 g/mol. The Morgan fingerprint density at radius 1 is 1.16 bits per heavy atom. The van der Waals surface area contributed by atoms with Crippen molar-refractivity contribution in [3.05, 3.63) is 65.2 Å². The summed E-state index contributed by atoms with van der Waals surface area (Å²) in [5, 5.41) is 2.97. The summed E-state index contributed by atoms with van der Waals surface area (Å²) in [4.78, 5) is 0. The molecule has 0 heterocycles. The van der Waals surface area contributed by atoms with E-state index in [1.165, 1.54) is 18.2 Å². The molecular formula is C21H26F2N2. The normalized spacial score (nSPS) is 11.0. The predicted molar refractivity (Wildman–Crippen MR) is 102 cm³/mol. The summed E-state index contributed by atoms with van der Waals surface area (Å²) < 4.78 is 28.3. The number of hydrogen-bond acceptors (Lipinski definition) is 2. The zero-order chi connectivity index (χ0) is 18.6. The van der Waals surface area contributed by atoms with Crippen molar-refractivity contribution in [3.8, 4) is 0 Å². The average molecular weight is 344 g/mol. The van der Waals surface area contributed by atoms with Crippen molar-refractivity contribution in [1.29, 1.82) is 0 Å². The van der Waals surface area contributed by atoms with Gasteiger partial charge in [-0.1, -0.05) is 32.9 Å². The van der Waals surface area contributed by atoms with Crippen LogP contribution in [-0.4, -0.2) is 0 Å². The van der Waals surface area contributed by atoms with Crippen molar-refractivity contribution in [2.45, 2.75) is 40.0 Å². The molecule has 0 unspecified atom stereocenters. The largest absolute Gasteiger partial charge is 0.399 e. The molecule has 0 aliphatic carbocycles. The summed E-state index contributed by atoms with van der Waals surface area (Å²) in [6, 6.07) is 7.69. The highest BCUT2D eigenvalue weighted by atomic mass is 19.1. The first-order valence-corrected chi connectivity index (χ1v) is 8.58. The standard InChI is InChI=1S/C21H26F2N2/c1-13(2)6-5-7-16-11-17(22)12-20(21(16)15(4)24)25-19-9-8-14(3)10-18(19)23/h8-13,25H,4-7,24H2,1-3H3. The van der Waals surface area contributed by atoms with Gasteiger partial charge in [0.05, 0.1) is 11.4 Å². The quantitative estimate of drug-likeness (QED) is 0.654. The van der Waals surface area contributed by atoms with E-state index in [0.29, 0.717) is 29.3 Å². The minimum Gasteiger partial charge on any atom is -0.399 e. The van der Waals surface area contributed by atoms with E-state index in [0.717, 1.165) is 24.0 Å². The fourth-order valence-electron chi connectivity index (χ4n) is 2.91. The highest BCUT2D eigenvalue weighted by molar-refractivity contribution is 5.79. The first-order valence-electron chi connectivity index (χ1n) is 8.58. The lowest BCUT2D eigenvalue weighted by Crippen LogP contribution is -2.07. The third kappa shape index (κ3) is 5.05. The van der Waals surface area contributed by atoms with Crippen LogP contribution in [-0.2, 0) is 6.42 Å². The van der Waals surface area contributed by atoms with Crippen LogP contribution in [0.3, 0.4) is 0 Å². The van der Waals surface area contributed by atoms with Crippen LogP contribution in [0.25, 0.3) is 5.70 Å². The van der Waals surface area contributed by atoms with Gasteiger partial charge in [-0.3, -0.25) is 0 Å². The van der Waals surface area contributed by atoms with Gasteiger partial charge in [0.1, 0.15) is 11.6 Å². The van der Waals surface area contributed by atoms with E-state index in [4.69, 9.17) is 5.73 Å². The van der Waals surface area contributed by atoms with Gasteiger partial charge in [-0.15, -0.1) is 0 Å². The van der Waals surface area contributed by atoms with Gasteiger partial charge >= 0.3 is 0 Å². The summed E-state index contributed by atoms with van der Waals surface area (Å²) in [6.45, 7) is 9.94. The molecule has 2 nitrogen and oxygen atoms in total. The lowest BCUT2D eigenvalue weighted by Gasteiger charge is -2.18. The van der Waals surface area contributed by atoms with Crippen LogP contribution in [0.1, 0.15) is 43.4 Å². The minimum atomic E-state index is -0.390. The van der Waals surface area contributed by atoms with Crippen LogP contribution in [0.5, 0.6) is 0 Å². The lowest BCUT2D eigenvalue weighted by molar-refractivity contribution is 0.554. The van der Waals surface area contributed by atoms with Crippen LogP contribution in [0, 0.1) is 24.5 Å². The lowest BCUT2D eigenvalue weighted by atomic mass is 9.96. The Hall–Kier alpha value is -2.36. The Morgan fingerprint density at radius 3 is 2.48 bits per heavy atom. The van der Waals surface area contributed by atoms with E-state index in [2.05, 4.69) is 25.7 Å². The van der Waals surface area contributed by atoms with Gasteiger partial charge < -0.3 is 11.1 Å². The summed E-state index contributed by atoms with van der Waals surface area (Å²) in [5.74, 6) is -0.184. The molecule has 0 aromatic heterocycles.